The lowest BCUT2D eigenvalue weighted by Crippen LogP contribution is -2.55. The first-order valence-electron chi connectivity index (χ1n) is 12.9. The monoisotopic (exact) mass is 422 g/mol. The van der Waals surface area contributed by atoms with Crippen LogP contribution in [0.5, 0.6) is 0 Å². The number of fused-ring (bicyclic) bond motifs is 5. The minimum atomic E-state index is -0.461. The molecule has 0 spiro atoms. The van der Waals surface area contributed by atoms with Crippen molar-refractivity contribution in [3.8, 4) is 0 Å². The van der Waals surface area contributed by atoms with Crippen LogP contribution in [0, 0.1) is 54.3 Å². The van der Waals surface area contributed by atoms with Crippen LogP contribution in [0.25, 0.3) is 0 Å². The molecule has 0 bridgehead atoms. The maximum absolute atomic E-state index is 13.7. The summed E-state index contributed by atoms with van der Waals surface area (Å²) in [5.74, 6) is 3.54. The van der Waals surface area contributed by atoms with Crippen molar-refractivity contribution in [2.45, 2.75) is 98.0 Å². The second-order valence-corrected chi connectivity index (χ2v) is 12.7. The molecule has 4 aliphatic rings. The fourth-order valence-corrected chi connectivity index (χ4v) is 8.96. The van der Waals surface area contributed by atoms with Crippen molar-refractivity contribution < 1.29 is 9.90 Å². The summed E-state index contributed by atoms with van der Waals surface area (Å²) in [6, 6.07) is 6.31. The van der Waals surface area contributed by atoms with Gasteiger partial charge in [-0.1, -0.05) is 26.0 Å². The first-order valence-corrected chi connectivity index (χ1v) is 12.9. The highest BCUT2D eigenvalue weighted by Gasteiger charge is 2.61. The molecule has 2 nitrogen and oxygen atoms in total. The van der Waals surface area contributed by atoms with E-state index in [1.807, 2.05) is 0 Å². The number of hydrogen-bond donors (Lipinski definition) is 1. The molecule has 0 aliphatic heterocycles. The number of benzene rings is 1. The summed E-state index contributed by atoms with van der Waals surface area (Å²) in [6.45, 7) is 11.3. The van der Waals surface area contributed by atoms with Crippen molar-refractivity contribution in [2.75, 3.05) is 0 Å². The minimum absolute atomic E-state index is 0.167. The zero-order chi connectivity index (χ0) is 22.2. The summed E-state index contributed by atoms with van der Waals surface area (Å²) in [4.78, 5) is 13.7. The smallest absolute Gasteiger partial charge is 0.166 e. The van der Waals surface area contributed by atoms with Crippen molar-refractivity contribution in [3.05, 3.63) is 34.9 Å². The summed E-state index contributed by atoms with van der Waals surface area (Å²) >= 11 is 0. The molecule has 5 rings (SSSR count). The van der Waals surface area contributed by atoms with Crippen molar-refractivity contribution in [1.29, 1.82) is 0 Å². The van der Waals surface area contributed by atoms with Gasteiger partial charge in [-0.15, -0.1) is 0 Å². The molecule has 0 radical (unpaired) electrons. The van der Waals surface area contributed by atoms with Gasteiger partial charge in [-0.25, -0.2) is 0 Å². The highest BCUT2D eigenvalue weighted by Crippen LogP contribution is 2.68. The van der Waals surface area contributed by atoms with Crippen LogP contribution in [0.15, 0.2) is 18.2 Å². The molecule has 0 amide bonds. The van der Waals surface area contributed by atoms with E-state index in [1.165, 1.54) is 49.7 Å². The Balaban J connectivity index is 1.39. The predicted molar refractivity (Wildman–Crippen MR) is 126 cm³/mol. The van der Waals surface area contributed by atoms with Crippen LogP contribution in [0.3, 0.4) is 0 Å². The SMILES string of the molecule is Cc1ccc(C(=O)[C@H]2CC[C@H]3[C@@H]4CC[C@H]5C[C@](C)(O)CC[C@]5(C)[C@H]4CC[C@]23C)cc1C. The average Bonchev–Trinajstić information content (AvgIpc) is 3.07. The number of carbonyl (C=O) groups is 1. The number of carbonyl (C=O) groups excluding carboxylic acids is 1. The van der Waals surface area contributed by atoms with E-state index in [-0.39, 0.29) is 11.3 Å². The molecular formula is C29H42O2. The van der Waals surface area contributed by atoms with E-state index in [0.29, 0.717) is 23.0 Å². The zero-order valence-electron chi connectivity index (χ0n) is 20.3. The molecule has 4 aliphatic carbocycles. The van der Waals surface area contributed by atoms with Gasteiger partial charge in [0.2, 0.25) is 0 Å². The molecule has 4 fully saturated rings. The largest absolute Gasteiger partial charge is 0.390 e. The third-order valence-corrected chi connectivity index (χ3v) is 11.1. The van der Waals surface area contributed by atoms with Crippen LogP contribution in [0.1, 0.15) is 100 Å². The minimum Gasteiger partial charge on any atom is -0.390 e. The summed E-state index contributed by atoms with van der Waals surface area (Å²) in [5, 5.41) is 10.7. The summed E-state index contributed by atoms with van der Waals surface area (Å²) in [7, 11) is 0. The zero-order valence-corrected chi connectivity index (χ0v) is 20.3. The summed E-state index contributed by atoms with van der Waals surface area (Å²) < 4.78 is 0. The molecule has 1 aromatic carbocycles. The van der Waals surface area contributed by atoms with Gasteiger partial charge in [0.25, 0.3) is 0 Å². The van der Waals surface area contributed by atoms with Crippen LogP contribution in [-0.4, -0.2) is 16.5 Å². The Bertz CT molecular complexity index is 885. The standard InChI is InChI=1S/C29H42O2/c1-18-6-7-20(16-19(18)2)26(30)25-11-10-23-22-9-8-21-17-27(3,31)14-15-28(21,4)24(22)12-13-29(23,25)5/h6-7,16,21-25,31H,8-15,17H2,1-5H3/t21-,22-,23-,24-,25+,27+,28-,29-/m0/s1. The topological polar surface area (TPSA) is 37.3 Å². The van der Waals surface area contributed by atoms with Gasteiger partial charge in [-0.05, 0) is 130 Å². The Morgan fingerprint density at radius 3 is 2.35 bits per heavy atom. The van der Waals surface area contributed by atoms with Crippen LogP contribution < -0.4 is 0 Å². The number of aliphatic hydroxyl groups is 1. The van der Waals surface area contributed by atoms with Crippen LogP contribution in [0.2, 0.25) is 0 Å². The van der Waals surface area contributed by atoms with Gasteiger partial charge >= 0.3 is 0 Å². The van der Waals surface area contributed by atoms with Crippen molar-refractivity contribution in [2.24, 2.45) is 40.4 Å². The van der Waals surface area contributed by atoms with Crippen LogP contribution in [0.4, 0.5) is 0 Å². The molecule has 4 saturated carbocycles. The molecule has 8 atom stereocenters. The van der Waals surface area contributed by atoms with Gasteiger partial charge in [-0.2, -0.15) is 0 Å². The Morgan fingerprint density at radius 2 is 1.61 bits per heavy atom. The molecule has 0 saturated heterocycles. The highest BCUT2D eigenvalue weighted by molar-refractivity contribution is 5.98. The van der Waals surface area contributed by atoms with E-state index in [0.717, 1.165) is 36.7 Å². The molecule has 1 N–H and O–H groups in total. The number of Topliss-reactive ketones (excluding diaryl/α,β-unsaturated/α-hetero) is 1. The molecule has 31 heavy (non-hydrogen) atoms. The lowest BCUT2D eigenvalue weighted by Gasteiger charge is -2.61. The predicted octanol–water partition coefficient (Wildman–Crippen LogP) is 6.90. The molecule has 170 valence electrons. The third kappa shape index (κ3) is 3.26. The van der Waals surface area contributed by atoms with E-state index in [4.69, 9.17) is 0 Å². The van der Waals surface area contributed by atoms with Crippen LogP contribution >= 0.6 is 0 Å². The normalized spacial score (nSPS) is 46.7. The van der Waals surface area contributed by atoms with Gasteiger partial charge in [0.05, 0.1) is 5.60 Å². The molecule has 2 heteroatoms. The molecule has 0 heterocycles. The highest BCUT2D eigenvalue weighted by atomic mass is 16.3. The third-order valence-electron chi connectivity index (χ3n) is 11.1. The number of hydrogen-bond acceptors (Lipinski definition) is 2. The fraction of sp³-hybridized carbons (Fsp3) is 0.759. The van der Waals surface area contributed by atoms with E-state index >= 15 is 0 Å². The Kier molecular flexibility index (Phi) is 5.02. The number of rotatable bonds is 2. The van der Waals surface area contributed by atoms with E-state index in [1.54, 1.807) is 0 Å². The van der Waals surface area contributed by atoms with Crippen molar-refractivity contribution in [1.82, 2.24) is 0 Å². The summed E-state index contributed by atoms with van der Waals surface area (Å²) in [6.07, 6.45) is 10.5. The van der Waals surface area contributed by atoms with Gasteiger partial charge in [-0.3, -0.25) is 4.79 Å². The second kappa shape index (κ2) is 7.17. The number of ketones is 1. The first kappa shape index (κ1) is 21.7. The van der Waals surface area contributed by atoms with Gasteiger partial charge in [0, 0.05) is 11.5 Å². The van der Waals surface area contributed by atoms with E-state index in [9.17, 15) is 9.90 Å². The van der Waals surface area contributed by atoms with Crippen molar-refractivity contribution >= 4 is 5.78 Å². The number of aryl methyl sites for hydroxylation is 2. The Morgan fingerprint density at radius 1 is 0.871 bits per heavy atom. The summed E-state index contributed by atoms with van der Waals surface area (Å²) in [5.41, 5.74) is 3.53. The Labute approximate surface area is 189 Å². The fourth-order valence-electron chi connectivity index (χ4n) is 8.96. The van der Waals surface area contributed by atoms with Crippen molar-refractivity contribution in [3.63, 3.8) is 0 Å². The Hall–Kier alpha value is -1.15. The lowest BCUT2D eigenvalue weighted by atomic mass is 9.44. The van der Waals surface area contributed by atoms with E-state index in [2.05, 4.69) is 52.8 Å². The van der Waals surface area contributed by atoms with Gasteiger partial charge < -0.3 is 5.11 Å². The lowest BCUT2D eigenvalue weighted by molar-refractivity contribution is -0.144. The molecule has 1 aromatic rings. The van der Waals surface area contributed by atoms with E-state index < -0.39 is 5.60 Å². The van der Waals surface area contributed by atoms with Crippen LogP contribution in [-0.2, 0) is 0 Å². The molecular weight excluding hydrogens is 380 g/mol. The van der Waals surface area contributed by atoms with Gasteiger partial charge in [0.15, 0.2) is 5.78 Å². The first-order chi connectivity index (χ1) is 14.6. The maximum atomic E-state index is 13.7. The molecule has 0 unspecified atom stereocenters. The molecule has 0 aromatic heterocycles. The van der Waals surface area contributed by atoms with Gasteiger partial charge in [0.1, 0.15) is 0 Å². The average molecular weight is 423 g/mol. The quantitative estimate of drug-likeness (QED) is 0.527. The maximum Gasteiger partial charge on any atom is 0.166 e. The second-order valence-electron chi connectivity index (χ2n) is 12.7.